The van der Waals surface area contributed by atoms with Gasteiger partial charge in [0.1, 0.15) is 5.67 Å². The highest BCUT2D eigenvalue weighted by molar-refractivity contribution is 5.93. The topological polar surface area (TPSA) is 69.6 Å². The van der Waals surface area contributed by atoms with Crippen molar-refractivity contribution in [1.29, 1.82) is 0 Å². The number of aliphatic hydroxyl groups excluding tert-OH is 1. The van der Waals surface area contributed by atoms with E-state index in [4.69, 9.17) is 0 Å². The van der Waals surface area contributed by atoms with Gasteiger partial charge in [0.05, 0.1) is 12.7 Å². The van der Waals surface area contributed by atoms with Gasteiger partial charge in [0.25, 0.3) is 0 Å². The second-order valence-electron chi connectivity index (χ2n) is 4.79. The molecule has 0 bridgehead atoms. The smallest absolute Gasteiger partial charge is 0.327 e. The molecule has 0 aliphatic carbocycles. The molecule has 1 fully saturated rings. The molecule has 98 valence electrons. The molecule has 1 atom stereocenters. The Kier molecular flexibility index (Phi) is 2.94. The van der Waals surface area contributed by atoms with Gasteiger partial charge in [-0.25, -0.2) is 14.1 Å². The second kappa shape index (κ2) is 4.16. The Morgan fingerprint density at radius 1 is 1.56 bits per heavy atom. The molecular formula is C11H15FN4O2. The van der Waals surface area contributed by atoms with Gasteiger partial charge in [0.15, 0.2) is 12.0 Å². The van der Waals surface area contributed by atoms with Gasteiger partial charge in [0.2, 0.25) is 0 Å². The van der Waals surface area contributed by atoms with Crippen molar-refractivity contribution >= 4 is 11.8 Å². The van der Waals surface area contributed by atoms with Crippen LogP contribution in [0.3, 0.4) is 0 Å². The molecule has 2 amide bonds. The largest absolute Gasteiger partial charge is 0.371 e. The average Bonchev–Trinajstić information content (AvgIpc) is 2.52. The lowest BCUT2D eigenvalue weighted by molar-refractivity contribution is 0.182. The quantitative estimate of drug-likeness (QED) is 0.850. The molecule has 6 nitrogen and oxygen atoms in total. The third-order valence-corrected chi connectivity index (χ3v) is 2.84. The summed E-state index contributed by atoms with van der Waals surface area (Å²) in [4.78, 5) is 14.3. The van der Waals surface area contributed by atoms with Gasteiger partial charge in [-0.3, -0.25) is 0 Å². The van der Waals surface area contributed by atoms with E-state index < -0.39 is 11.9 Å². The average molecular weight is 254 g/mol. The Morgan fingerprint density at radius 3 is 2.72 bits per heavy atom. The van der Waals surface area contributed by atoms with Crippen LogP contribution in [0.15, 0.2) is 12.3 Å². The Balaban J connectivity index is 2.37. The number of halogens is 1. The van der Waals surface area contributed by atoms with Crippen LogP contribution in [0.4, 0.5) is 15.0 Å². The maximum Gasteiger partial charge on any atom is 0.327 e. The number of carbonyl (C=O) groups is 1. The van der Waals surface area contributed by atoms with Crippen LogP contribution in [0.25, 0.3) is 0 Å². The van der Waals surface area contributed by atoms with Crippen LogP contribution in [0.5, 0.6) is 0 Å². The number of amides is 2. The zero-order valence-corrected chi connectivity index (χ0v) is 10.5. The van der Waals surface area contributed by atoms with Gasteiger partial charge in [-0.2, -0.15) is 5.10 Å². The van der Waals surface area contributed by atoms with Crippen LogP contribution in [0.1, 0.15) is 19.4 Å². The lowest BCUT2D eigenvalue weighted by Crippen LogP contribution is -2.35. The fraction of sp³-hybridized carbons (Fsp3) is 0.545. The number of rotatable bonds is 2. The van der Waals surface area contributed by atoms with Crippen LogP contribution >= 0.6 is 0 Å². The number of alkyl halides is 1. The summed E-state index contributed by atoms with van der Waals surface area (Å²) in [6.45, 7) is 2.97. The zero-order valence-electron chi connectivity index (χ0n) is 10.5. The number of carbonyl (C=O) groups excluding carboxylic acids is 1. The van der Waals surface area contributed by atoms with Gasteiger partial charge in [-0.1, -0.05) is 0 Å². The minimum atomic E-state index is -1.58. The summed E-state index contributed by atoms with van der Waals surface area (Å²) in [6.07, 6.45) is 0.315. The van der Waals surface area contributed by atoms with E-state index in [9.17, 15) is 14.3 Å². The second-order valence-corrected chi connectivity index (χ2v) is 4.79. The number of aliphatic hydroxyl groups is 1. The van der Waals surface area contributed by atoms with E-state index in [-0.39, 0.29) is 18.4 Å². The van der Waals surface area contributed by atoms with Crippen molar-refractivity contribution in [3.8, 4) is 0 Å². The molecule has 1 unspecified atom stereocenters. The highest BCUT2D eigenvalue weighted by Gasteiger charge is 2.36. The lowest BCUT2D eigenvalue weighted by Gasteiger charge is -2.20. The lowest BCUT2D eigenvalue weighted by atomic mass is 10.0. The molecule has 0 aromatic carbocycles. The number of aromatic nitrogens is 2. The van der Waals surface area contributed by atoms with E-state index in [1.807, 2.05) is 0 Å². The minimum absolute atomic E-state index is 0.153. The van der Waals surface area contributed by atoms with Crippen LogP contribution in [-0.2, 0) is 5.67 Å². The van der Waals surface area contributed by atoms with E-state index in [1.165, 1.54) is 31.0 Å². The third-order valence-electron chi connectivity index (χ3n) is 2.84. The first kappa shape index (κ1) is 12.7. The summed E-state index contributed by atoms with van der Waals surface area (Å²) < 4.78 is 13.8. The van der Waals surface area contributed by atoms with E-state index in [1.54, 1.807) is 7.05 Å². The molecule has 0 radical (unpaired) electrons. The Morgan fingerprint density at radius 2 is 2.22 bits per heavy atom. The maximum atomic E-state index is 13.8. The molecule has 1 saturated heterocycles. The zero-order chi connectivity index (χ0) is 13.5. The molecule has 1 N–H and O–H groups in total. The van der Waals surface area contributed by atoms with E-state index in [0.29, 0.717) is 5.56 Å². The van der Waals surface area contributed by atoms with Crippen LogP contribution in [0.2, 0.25) is 0 Å². The SMILES string of the molecule is CN1CC(O)N(c2cc(C(C)(C)F)cnn2)C1=O. The highest BCUT2D eigenvalue weighted by atomic mass is 19.1. The van der Waals surface area contributed by atoms with E-state index >= 15 is 0 Å². The Bertz CT molecular complexity index is 474. The fourth-order valence-electron chi connectivity index (χ4n) is 1.77. The number of β-amino-alcohol motifs (C(OH)–C–C–N with tert-alkyl or cyclic N) is 1. The van der Waals surface area contributed by atoms with Gasteiger partial charge >= 0.3 is 6.03 Å². The van der Waals surface area contributed by atoms with Crippen molar-refractivity contribution in [1.82, 2.24) is 15.1 Å². The summed E-state index contributed by atoms with van der Waals surface area (Å²) in [7, 11) is 1.57. The molecular weight excluding hydrogens is 239 g/mol. The number of nitrogens with zero attached hydrogens (tertiary/aromatic N) is 4. The summed E-state index contributed by atoms with van der Waals surface area (Å²) in [5, 5.41) is 17.2. The normalized spacial score (nSPS) is 20.7. The predicted molar refractivity (Wildman–Crippen MR) is 62.7 cm³/mol. The standard InChI is InChI=1S/C11H15FN4O2/c1-11(2,12)7-4-8(14-13-5-7)16-9(17)6-15(3)10(16)18/h4-5,9,17H,6H2,1-3H3. The van der Waals surface area contributed by atoms with Crippen molar-refractivity contribution in [2.45, 2.75) is 25.7 Å². The summed E-state index contributed by atoms with van der Waals surface area (Å²) in [5.74, 6) is 0.153. The highest BCUT2D eigenvalue weighted by Crippen LogP contribution is 2.28. The molecule has 1 aliphatic heterocycles. The first-order valence-electron chi connectivity index (χ1n) is 5.55. The van der Waals surface area contributed by atoms with Crippen molar-refractivity contribution in [3.05, 3.63) is 17.8 Å². The predicted octanol–water partition coefficient (Wildman–Crippen LogP) is 0.871. The molecule has 1 aliphatic rings. The minimum Gasteiger partial charge on any atom is -0.371 e. The number of hydrogen-bond donors (Lipinski definition) is 1. The van der Waals surface area contributed by atoms with Crippen LogP contribution in [-0.4, -0.2) is 46.1 Å². The molecule has 7 heteroatoms. The van der Waals surface area contributed by atoms with Crippen LogP contribution < -0.4 is 4.90 Å². The molecule has 2 heterocycles. The number of urea groups is 1. The van der Waals surface area contributed by atoms with Crippen molar-refractivity contribution in [2.75, 3.05) is 18.5 Å². The molecule has 18 heavy (non-hydrogen) atoms. The number of likely N-dealkylation sites (N-methyl/N-ethyl adjacent to an activating group) is 1. The number of hydrogen-bond acceptors (Lipinski definition) is 4. The van der Waals surface area contributed by atoms with Crippen LogP contribution in [0, 0.1) is 0 Å². The van der Waals surface area contributed by atoms with E-state index in [0.717, 1.165) is 4.90 Å². The Labute approximate surface area is 104 Å². The molecule has 0 spiro atoms. The first-order chi connectivity index (χ1) is 8.30. The van der Waals surface area contributed by atoms with Gasteiger partial charge in [0, 0.05) is 12.6 Å². The third kappa shape index (κ3) is 2.13. The maximum absolute atomic E-state index is 13.8. The summed E-state index contributed by atoms with van der Waals surface area (Å²) in [6, 6.07) is 1.04. The monoisotopic (exact) mass is 254 g/mol. The van der Waals surface area contributed by atoms with Gasteiger partial charge in [-0.05, 0) is 19.9 Å². The number of anilines is 1. The first-order valence-corrected chi connectivity index (χ1v) is 5.55. The van der Waals surface area contributed by atoms with Crippen molar-refractivity contribution < 1.29 is 14.3 Å². The molecule has 2 rings (SSSR count). The molecule has 0 saturated carbocycles. The molecule has 1 aromatic rings. The summed E-state index contributed by atoms with van der Waals surface area (Å²) >= 11 is 0. The Hall–Kier alpha value is -1.76. The summed E-state index contributed by atoms with van der Waals surface area (Å²) in [5.41, 5.74) is -1.27. The van der Waals surface area contributed by atoms with Gasteiger partial charge < -0.3 is 10.0 Å². The van der Waals surface area contributed by atoms with Crippen molar-refractivity contribution in [2.24, 2.45) is 0 Å². The fourth-order valence-corrected chi connectivity index (χ4v) is 1.77. The van der Waals surface area contributed by atoms with Crippen molar-refractivity contribution in [3.63, 3.8) is 0 Å². The van der Waals surface area contributed by atoms with Gasteiger partial charge in [-0.15, -0.1) is 5.10 Å². The molecule has 1 aromatic heterocycles. The van der Waals surface area contributed by atoms with E-state index in [2.05, 4.69) is 10.2 Å².